The van der Waals surface area contributed by atoms with Crippen LogP contribution >= 0.6 is 12.4 Å². The molecular formula is C19H25ClFN3O5. The number of hydrogen-bond acceptors (Lipinski definition) is 5. The number of rotatable bonds is 3. The zero-order chi connectivity index (χ0) is 19.3. The smallest absolute Gasteiger partial charge is 0.341 e. The number of ether oxygens (including phenoxy) is 1. The fraction of sp³-hybridized carbons (Fsp3) is 0.474. The fourth-order valence-corrected chi connectivity index (χ4v) is 3.95. The van der Waals surface area contributed by atoms with Gasteiger partial charge in [0.15, 0.2) is 11.6 Å². The van der Waals surface area contributed by atoms with E-state index in [0.717, 1.165) is 25.7 Å². The summed E-state index contributed by atoms with van der Waals surface area (Å²) in [5.74, 6) is -1.53. The summed E-state index contributed by atoms with van der Waals surface area (Å²) < 4.78 is 22.7. The molecule has 160 valence electrons. The largest absolute Gasteiger partial charge is 0.487 e. The number of aromatic carboxylic acids is 1. The Morgan fingerprint density at radius 2 is 1.97 bits per heavy atom. The van der Waals surface area contributed by atoms with E-state index in [4.69, 9.17) is 4.74 Å². The molecule has 29 heavy (non-hydrogen) atoms. The molecule has 1 aromatic heterocycles. The molecule has 3 N–H and O–H groups in total. The van der Waals surface area contributed by atoms with Crippen LogP contribution < -0.4 is 15.1 Å². The van der Waals surface area contributed by atoms with Crippen molar-refractivity contribution in [2.45, 2.75) is 19.9 Å². The minimum Gasteiger partial charge on any atom is -0.487 e. The first-order chi connectivity index (χ1) is 12.9. The quantitative estimate of drug-likeness (QED) is 0.793. The van der Waals surface area contributed by atoms with E-state index in [1.54, 1.807) is 4.57 Å². The number of carbonyl (C=O) groups is 1. The van der Waals surface area contributed by atoms with E-state index in [-0.39, 0.29) is 41.5 Å². The Kier molecular flexibility index (Phi) is 6.77. The van der Waals surface area contributed by atoms with E-state index in [9.17, 15) is 14.7 Å². The number of piperazine rings is 1. The predicted molar refractivity (Wildman–Crippen MR) is 111 cm³/mol. The van der Waals surface area contributed by atoms with Gasteiger partial charge in [0, 0.05) is 32.4 Å². The molecule has 2 aliphatic rings. The molecule has 1 unspecified atom stereocenters. The van der Waals surface area contributed by atoms with Gasteiger partial charge in [-0.1, -0.05) is 6.92 Å². The maximum Gasteiger partial charge on any atom is 0.341 e. The minimum absolute atomic E-state index is 0. The molecule has 1 aromatic carbocycles. The van der Waals surface area contributed by atoms with Gasteiger partial charge in [-0.05, 0) is 19.5 Å². The lowest BCUT2D eigenvalue weighted by Crippen LogP contribution is -2.46. The molecule has 8 nitrogen and oxygen atoms in total. The molecule has 10 heteroatoms. The monoisotopic (exact) mass is 429 g/mol. The Morgan fingerprint density at radius 3 is 2.55 bits per heavy atom. The highest BCUT2D eigenvalue weighted by Crippen LogP contribution is 2.42. The van der Waals surface area contributed by atoms with Crippen molar-refractivity contribution in [3.8, 4) is 5.75 Å². The number of nitrogens with zero attached hydrogens (tertiary/aromatic N) is 3. The molecule has 3 heterocycles. The van der Waals surface area contributed by atoms with Crippen LogP contribution in [0.3, 0.4) is 0 Å². The van der Waals surface area contributed by atoms with Crippen LogP contribution in [0.4, 0.5) is 10.1 Å². The van der Waals surface area contributed by atoms with Crippen LogP contribution in [-0.4, -0.2) is 65.3 Å². The maximum absolute atomic E-state index is 15.1. The second kappa shape index (κ2) is 8.56. The average Bonchev–Trinajstić information content (AvgIpc) is 2.66. The van der Waals surface area contributed by atoms with Gasteiger partial charge >= 0.3 is 5.97 Å². The van der Waals surface area contributed by atoms with Gasteiger partial charge in [-0.15, -0.1) is 12.4 Å². The molecule has 1 fully saturated rings. The fourth-order valence-electron chi connectivity index (χ4n) is 3.95. The lowest BCUT2D eigenvalue weighted by molar-refractivity contribution is 0.0694. The number of pyridine rings is 1. The van der Waals surface area contributed by atoms with E-state index in [2.05, 4.69) is 11.8 Å². The summed E-state index contributed by atoms with van der Waals surface area (Å²) in [6, 6.07) is 1.00. The van der Waals surface area contributed by atoms with Crippen molar-refractivity contribution in [3.63, 3.8) is 0 Å². The van der Waals surface area contributed by atoms with Gasteiger partial charge in [-0.2, -0.15) is 0 Å². The van der Waals surface area contributed by atoms with Crippen molar-refractivity contribution >= 4 is 35.0 Å². The van der Waals surface area contributed by atoms with Crippen LogP contribution in [0.15, 0.2) is 17.1 Å². The Morgan fingerprint density at radius 1 is 1.31 bits per heavy atom. The Bertz CT molecular complexity index is 988. The first kappa shape index (κ1) is 22.9. The third kappa shape index (κ3) is 3.65. The standard InChI is InChI=1S/C19H22FN3O4.ClH.H2O/c1-3-21-4-6-22(7-5-21)16-14(20)8-12-15-18(16)27-10-11(2)23(15)9-13(17(12)24)19(25)26;;/h8-9,11H,3-7,10H2,1-2H3,(H,25,26);1H;1H2. The predicted octanol–water partition coefficient (Wildman–Crippen LogP) is 1.53. The summed E-state index contributed by atoms with van der Waals surface area (Å²) in [5, 5.41) is 9.39. The van der Waals surface area contributed by atoms with Gasteiger partial charge in [0.25, 0.3) is 0 Å². The number of carboxylic acid groups (broad SMARTS) is 1. The van der Waals surface area contributed by atoms with Crippen molar-refractivity contribution in [1.82, 2.24) is 9.47 Å². The van der Waals surface area contributed by atoms with Crippen LogP contribution in [0.1, 0.15) is 30.2 Å². The number of aromatic nitrogens is 1. The normalized spacial score (nSPS) is 18.6. The SMILES string of the molecule is CCN1CCN(c2c(F)cc3c(=O)c(C(=O)O)cn4c3c2OCC4C)CC1.Cl.O. The third-order valence-electron chi connectivity index (χ3n) is 5.51. The van der Waals surface area contributed by atoms with Crippen LogP contribution in [0.25, 0.3) is 10.9 Å². The minimum atomic E-state index is -1.31. The molecule has 0 saturated carbocycles. The number of hydrogen-bond donors (Lipinski definition) is 1. The zero-order valence-corrected chi connectivity index (χ0v) is 17.1. The van der Waals surface area contributed by atoms with Crippen LogP contribution in [-0.2, 0) is 0 Å². The summed E-state index contributed by atoms with van der Waals surface area (Å²) in [6.07, 6.45) is 1.35. The molecule has 4 rings (SSSR count). The molecule has 0 spiro atoms. The average molecular weight is 430 g/mol. The van der Waals surface area contributed by atoms with E-state index in [1.165, 1.54) is 6.20 Å². The van der Waals surface area contributed by atoms with E-state index < -0.39 is 17.2 Å². The van der Waals surface area contributed by atoms with E-state index in [1.807, 2.05) is 11.8 Å². The highest BCUT2D eigenvalue weighted by molar-refractivity contribution is 5.97. The Hall–Kier alpha value is -2.36. The molecule has 0 bridgehead atoms. The summed E-state index contributed by atoms with van der Waals surface area (Å²) in [6.45, 7) is 8.20. The van der Waals surface area contributed by atoms with Crippen LogP contribution in [0.2, 0.25) is 0 Å². The summed E-state index contributed by atoms with van der Waals surface area (Å²) in [7, 11) is 0. The second-order valence-electron chi connectivity index (χ2n) is 7.10. The molecule has 0 radical (unpaired) electrons. The number of benzene rings is 1. The van der Waals surface area contributed by atoms with Crippen molar-refractivity contribution in [2.24, 2.45) is 0 Å². The second-order valence-corrected chi connectivity index (χ2v) is 7.10. The van der Waals surface area contributed by atoms with Gasteiger partial charge in [0.2, 0.25) is 5.43 Å². The lowest BCUT2D eigenvalue weighted by Gasteiger charge is -2.37. The van der Waals surface area contributed by atoms with Crippen LogP contribution in [0, 0.1) is 5.82 Å². The molecule has 0 aliphatic carbocycles. The Balaban J connectivity index is 0.00000150. The van der Waals surface area contributed by atoms with Crippen molar-refractivity contribution in [2.75, 3.05) is 44.2 Å². The summed E-state index contributed by atoms with van der Waals surface area (Å²) in [5.41, 5.74) is -0.209. The van der Waals surface area contributed by atoms with Crippen molar-refractivity contribution in [1.29, 1.82) is 0 Å². The highest BCUT2D eigenvalue weighted by atomic mass is 35.5. The van der Waals surface area contributed by atoms with E-state index >= 15 is 4.39 Å². The van der Waals surface area contributed by atoms with Crippen molar-refractivity contribution < 1.29 is 24.5 Å². The van der Waals surface area contributed by atoms with Crippen LogP contribution in [0.5, 0.6) is 5.75 Å². The summed E-state index contributed by atoms with van der Waals surface area (Å²) >= 11 is 0. The first-order valence-corrected chi connectivity index (χ1v) is 9.17. The Labute approximate surface area is 173 Å². The molecule has 1 atom stereocenters. The zero-order valence-electron chi connectivity index (χ0n) is 16.3. The first-order valence-electron chi connectivity index (χ1n) is 9.17. The number of likely N-dealkylation sites (N-methyl/N-ethyl adjacent to an activating group) is 1. The maximum atomic E-state index is 15.1. The molecule has 2 aliphatic heterocycles. The van der Waals surface area contributed by atoms with Gasteiger partial charge in [-0.3, -0.25) is 4.79 Å². The van der Waals surface area contributed by atoms with Gasteiger partial charge in [-0.25, -0.2) is 9.18 Å². The number of carboxylic acids is 1. The number of anilines is 1. The number of halogens is 2. The highest BCUT2D eigenvalue weighted by Gasteiger charge is 2.31. The summed E-state index contributed by atoms with van der Waals surface area (Å²) in [4.78, 5) is 28.3. The molecular weight excluding hydrogens is 405 g/mol. The topological polar surface area (TPSA) is 107 Å². The molecule has 1 saturated heterocycles. The molecule has 0 amide bonds. The van der Waals surface area contributed by atoms with Gasteiger partial charge in [0.1, 0.15) is 17.9 Å². The molecule has 2 aromatic rings. The third-order valence-corrected chi connectivity index (χ3v) is 5.51. The van der Waals surface area contributed by atoms with E-state index in [0.29, 0.717) is 30.0 Å². The van der Waals surface area contributed by atoms with Gasteiger partial charge < -0.3 is 29.7 Å². The van der Waals surface area contributed by atoms with Crippen molar-refractivity contribution in [3.05, 3.63) is 33.9 Å². The van der Waals surface area contributed by atoms with Gasteiger partial charge in [0.05, 0.1) is 16.9 Å². The lowest BCUT2D eigenvalue weighted by atomic mass is 10.1.